The van der Waals surface area contributed by atoms with E-state index in [0.29, 0.717) is 0 Å². The molecule has 7 heteroatoms. The minimum atomic E-state index is -0.435. The third-order valence-electron chi connectivity index (χ3n) is 3.93. The second-order valence-corrected chi connectivity index (χ2v) is 5.88. The average molecular weight is 373 g/mol. The van der Waals surface area contributed by atoms with E-state index in [0.717, 1.165) is 22.4 Å². The number of nitro groups is 2. The van der Waals surface area contributed by atoms with Gasteiger partial charge >= 0.3 is 0 Å². The molecular weight excluding hydrogens is 358 g/mol. The molecule has 0 saturated carbocycles. The zero-order valence-electron chi connectivity index (χ0n) is 14.6. The van der Waals surface area contributed by atoms with Crippen molar-refractivity contribution in [2.45, 2.75) is 0 Å². The lowest BCUT2D eigenvalue weighted by atomic mass is 10.1. The van der Waals surface area contributed by atoms with Crippen LogP contribution in [0.25, 0.3) is 24.3 Å². The second-order valence-electron chi connectivity index (χ2n) is 5.88. The van der Waals surface area contributed by atoms with Crippen molar-refractivity contribution in [3.05, 3.63) is 109 Å². The van der Waals surface area contributed by atoms with Crippen LogP contribution in [-0.2, 0) is 0 Å². The van der Waals surface area contributed by atoms with Crippen LogP contribution in [-0.4, -0.2) is 14.8 Å². The van der Waals surface area contributed by atoms with Gasteiger partial charge in [-0.15, -0.1) is 0 Å². The quantitative estimate of drug-likeness (QED) is 0.434. The maximum Gasteiger partial charge on any atom is 0.269 e. The molecule has 0 bridgehead atoms. The Hall–Kier alpha value is -4.13. The van der Waals surface area contributed by atoms with Crippen LogP contribution in [0.5, 0.6) is 0 Å². The fourth-order valence-electron chi connectivity index (χ4n) is 2.45. The topological polar surface area (TPSA) is 99.2 Å². The highest BCUT2D eigenvalue weighted by atomic mass is 16.6. The lowest BCUT2D eigenvalue weighted by molar-refractivity contribution is -0.385. The molecule has 0 radical (unpaired) electrons. The number of aromatic nitrogens is 1. The Balaban J connectivity index is 1.71. The van der Waals surface area contributed by atoms with Crippen LogP contribution in [0.1, 0.15) is 22.4 Å². The predicted molar refractivity (Wildman–Crippen MR) is 108 cm³/mol. The molecule has 1 aromatic heterocycles. The highest BCUT2D eigenvalue weighted by Gasteiger charge is 2.03. The minimum absolute atomic E-state index is 0.0497. The third kappa shape index (κ3) is 4.95. The number of non-ortho nitro benzene ring substituents is 2. The zero-order chi connectivity index (χ0) is 19.9. The molecule has 0 aliphatic rings. The van der Waals surface area contributed by atoms with Crippen LogP contribution >= 0.6 is 0 Å². The summed E-state index contributed by atoms with van der Waals surface area (Å²) in [5.74, 6) is 0. The van der Waals surface area contributed by atoms with Gasteiger partial charge in [0, 0.05) is 30.5 Å². The molecule has 0 unspecified atom stereocenters. The molecule has 0 fully saturated rings. The molecule has 1 heterocycles. The van der Waals surface area contributed by atoms with Gasteiger partial charge < -0.3 is 0 Å². The lowest BCUT2D eigenvalue weighted by Crippen LogP contribution is -1.87. The first kappa shape index (κ1) is 18.7. The van der Waals surface area contributed by atoms with Crippen LogP contribution in [0, 0.1) is 20.2 Å². The summed E-state index contributed by atoms with van der Waals surface area (Å²) in [7, 11) is 0. The lowest BCUT2D eigenvalue weighted by Gasteiger charge is -1.98. The van der Waals surface area contributed by atoms with Crippen LogP contribution in [0.2, 0.25) is 0 Å². The first-order chi connectivity index (χ1) is 13.5. The van der Waals surface area contributed by atoms with E-state index in [2.05, 4.69) is 4.98 Å². The van der Waals surface area contributed by atoms with Crippen LogP contribution < -0.4 is 0 Å². The second kappa shape index (κ2) is 8.50. The molecule has 7 nitrogen and oxygen atoms in total. The number of benzene rings is 2. The molecule has 138 valence electrons. The Bertz CT molecular complexity index is 973. The summed E-state index contributed by atoms with van der Waals surface area (Å²) in [5.41, 5.74) is 3.46. The fraction of sp³-hybridized carbons (Fsp3) is 0. The summed E-state index contributed by atoms with van der Waals surface area (Å²) in [4.78, 5) is 24.8. The summed E-state index contributed by atoms with van der Waals surface area (Å²) in [6, 6.07) is 16.3. The smallest absolute Gasteiger partial charge is 0.258 e. The summed E-state index contributed by atoms with van der Waals surface area (Å²) in [6.45, 7) is 0. The number of nitro benzene ring substituents is 2. The summed E-state index contributed by atoms with van der Waals surface area (Å²) >= 11 is 0. The first-order valence-corrected chi connectivity index (χ1v) is 8.32. The van der Waals surface area contributed by atoms with E-state index in [-0.39, 0.29) is 11.4 Å². The highest BCUT2D eigenvalue weighted by molar-refractivity contribution is 5.73. The number of pyridine rings is 1. The van der Waals surface area contributed by atoms with Crippen molar-refractivity contribution in [3.8, 4) is 0 Å². The maximum absolute atomic E-state index is 10.7. The number of rotatable bonds is 6. The van der Waals surface area contributed by atoms with Gasteiger partial charge in [-0.3, -0.25) is 25.2 Å². The van der Waals surface area contributed by atoms with Gasteiger partial charge in [0.05, 0.1) is 15.5 Å². The Morgan fingerprint density at radius 3 is 1.61 bits per heavy atom. The third-order valence-corrected chi connectivity index (χ3v) is 3.93. The monoisotopic (exact) mass is 373 g/mol. The highest BCUT2D eigenvalue weighted by Crippen LogP contribution is 2.16. The van der Waals surface area contributed by atoms with Gasteiger partial charge in [-0.2, -0.15) is 0 Å². The van der Waals surface area contributed by atoms with E-state index in [1.807, 2.05) is 36.4 Å². The normalized spacial score (nSPS) is 11.1. The van der Waals surface area contributed by atoms with Gasteiger partial charge in [0.1, 0.15) is 0 Å². The van der Waals surface area contributed by atoms with Crippen LogP contribution in [0.4, 0.5) is 11.4 Å². The molecule has 0 atom stereocenters. The maximum atomic E-state index is 10.7. The van der Waals surface area contributed by atoms with Crippen molar-refractivity contribution >= 4 is 35.7 Å². The average Bonchev–Trinajstić information content (AvgIpc) is 2.71. The van der Waals surface area contributed by atoms with E-state index >= 15 is 0 Å². The van der Waals surface area contributed by atoms with Gasteiger partial charge in [-0.1, -0.05) is 18.2 Å². The van der Waals surface area contributed by atoms with Crippen molar-refractivity contribution in [2.24, 2.45) is 0 Å². The Labute approximate surface area is 160 Å². The van der Waals surface area contributed by atoms with Gasteiger partial charge in [-0.05, 0) is 59.2 Å². The van der Waals surface area contributed by atoms with Crippen molar-refractivity contribution in [1.82, 2.24) is 4.98 Å². The minimum Gasteiger partial charge on any atom is -0.258 e. The number of hydrogen-bond donors (Lipinski definition) is 0. The molecule has 0 N–H and O–H groups in total. The molecule has 0 aliphatic carbocycles. The molecule has 0 amide bonds. The standard InChI is InChI=1S/C21H15N3O4/c25-23(26)20-9-4-16(5-10-20)1-2-18-13-14-22-19(15-18)8-3-17-6-11-21(12-7-17)24(27)28/h1-15H. The predicted octanol–water partition coefficient (Wildman–Crippen LogP) is 5.24. The van der Waals surface area contributed by atoms with Crippen molar-refractivity contribution in [3.63, 3.8) is 0 Å². The summed E-state index contributed by atoms with van der Waals surface area (Å²) < 4.78 is 0. The summed E-state index contributed by atoms with van der Waals surface area (Å²) in [5, 5.41) is 21.4. The molecule has 0 aliphatic heterocycles. The van der Waals surface area contributed by atoms with Crippen LogP contribution in [0.3, 0.4) is 0 Å². The van der Waals surface area contributed by atoms with Crippen molar-refractivity contribution in [2.75, 3.05) is 0 Å². The van der Waals surface area contributed by atoms with E-state index in [9.17, 15) is 20.2 Å². The van der Waals surface area contributed by atoms with Gasteiger partial charge in [0.2, 0.25) is 0 Å². The van der Waals surface area contributed by atoms with E-state index in [4.69, 9.17) is 0 Å². The van der Waals surface area contributed by atoms with Crippen LogP contribution in [0.15, 0.2) is 66.9 Å². The number of nitrogens with zero attached hydrogens (tertiary/aromatic N) is 3. The largest absolute Gasteiger partial charge is 0.269 e. The molecule has 0 saturated heterocycles. The first-order valence-electron chi connectivity index (χ1n) is 8.32. The molecule has 3 rings (SSSR count). The fourth-order valence-corrected chi connectivity index (χ4v) is 2.45. The van der Waals surface area contributed by atoms with Gasteiger partial charge in [0.15, 0.2) is 0 Å². The molecule has 2 aromatic carbocycles. The Kier molecular flexibility index (Phi) is 5.66. The number of hydrogen-bond acceptors (Lipinski definition) is 5. The Morgan fingerprint density at radius 1 is 0.643 bits per heavy atom. The van der Waals surface area contributed by atoms with E-state index in [1.165, 1.54) is 24.3 Å². The zero-order valence-corrected chi connectivity index (χ0v) is 14.6. The van der Waals surface area contributed by atoms with E-state index < -0.39 is 9.85 Å². The molecule has 3 aromatic rings. The van der Waals surface area contributed by atoms with Gasteiger partial charge in [0.25, 0.3) is 11.4 Å². The molecule has 0 spiro atoms. The van der Waals surface area contributed by atoms with E-state index in [1.54, 1.807) is 30.5 Å². The van der Waals surface area contributed by atoms with Crippen molar-refractivity contribution < 1.29 is 9.85 Å². The SMILES string of the molecule is O=[N+]([O-])c1ccc(C=Cc2ccnc(C=Cc3ccc([N+](=O)[O-])cc3)c2)cc1. The van der Waals surface area contributed by atoms with Crippen molar-refractivity contribution in [1.29, 1.82) is 0 Å². The van der Waals surface area contributed by atoms with Gasteiger partial charge in [-0.25, -0.2) is 0 Å². The molecule has 28 heavy (non-hydrogen) atoms. The molecular formula is C21H15N3O4. The Morgan fingerprint density at radius 2 is 1.11 bits per heavy atom. The summed E-state index contributed by atoms with van der Waals surface area (Å²) in [6.07, 6.45) is 9.10.